The second kappa shape index (κ2) is 5.89. The zero-order chi connectivity index (χ0) is 16.5. The van der Waals surface area contributed by atoms with E-state index < -0.39 is 0 Å². The minimum Gasteiger partial charge on any atom is -0.369 e. The molecule has 1 unspecified atom stereocenters. The lowest BCUT2D eigenvalue weighted by atomic mass is 9.90. The number of carbonyl (C=O) groups is 1. The Bertz CT molecular complexity index is 906. The minimum absolute atomic E-state index is 0.143. The monoisotopic (exact) mass is 315 g/mol. The highest BCUT2D eigenvalue weighted by Gasteiger charge is 2.31. The van der Waals surface area contributed by atoms with Gasteiger partial charge in [0.1, 0.15) is 5.82 Å². The SMILES string of the molecule is Cc1ccccc1C(=O)C1CNc2ncc(-c3cccnc3)cc21. The molecular weight excluding hydrogens is 298 g/mol. The van der Waals surface area contributed by atoms with E-state index in [2.05, 4.69) is 21.4 Å². The standard InChI is InChI=1S/C20H17N3O/c1-13-5-2-3-7-16(13)19(24)18-12-23-20-17(18)9-15(11-22-20)14-6-4-8-21-10-14/h2-11,18H,12H2,1H3,(H,22,23). The normalized spacial score (nSPS) is 15.6. The summed E-state index contributed by atoms with van der Waals surface area (Å²) >= 11 is 0. The molecule has 0 amide bonds. The Labute approximate surface area is 140 Å². The number of hydrogen-bond acceptors (Lipinski definition) is 4. The van der Waals surface area contributed by atoms with Crippen molar-refractivity contribution in [2.24, 2.45) is 0 Å². The zero-order valence-corrected chi connectivity index (χ0v) is 13.4. The molecule has 1 aliphatic rings. The molecular formula is C20H17N3O. The molecule has 24 heavy (non-hydrogen) atoms. The van der Waals surface area contributed by atoms with Crippen molar-refractivity contribution in [2.75, 3.05) is 11.9 Å². The summed E-state index contributed by atoms with van der Waals surface area (Å²) in [5, 5.41) is 3.25. The number of fused-ring (bicyclic) bond motifs is 1. The van der Waals surface area contributed by atoms with Crippen molar-refractivity contribution in [3.63, 3.8) is 0 Å². The Balaban J connectivity index is 1.73. The second-order valence-electron chi connectivity index (χ2n) is 6.02. The van der Waals surface area contributed by atoms with E-state index in [0.717, 1.165) is 33.6 Å². The number of nitrogens with zero attached hydrogens (tertiary/aromatic N) is 2. The second-order valence-corrected chi connectivity index (χ2v) is 6.02. The third-order valence-electron chi connectivity index (χ3n) is 4.49. The summed E-state index contributed by atoms with van der Waals surface area (Å²) in [4.78, 5) is 21.6. The van der Waals surface area contributed by atoms with E-state index in [-0.39, 0.29) is 11.7 Å². The smallest absolute Gasteiger partial charge is 0.172 e. The molecule has 0 saturated carbocycles. The lowest BCUT2D eigenvalue weighted by molar-refractivity contribution is 0.0966. The number of pyridine rings is 2. The number of nitrogens with one attached hydrogen (secondary N) is 1. The largest absolute Gasteiger partial charge is 0.369 e. The van der Waals surface area contributed by atoms with Crippen LogP contribution in [0.5, 0.6) is 0 Å². The Hall–Kier alpha value is -3.01. The van der Waals surface area contributed by atoms with Gasteiger partial charge in [-0.1, -0.05) is 30.3 Å². The molecule has 0 aliphatic carbocycles. The molecule has 118 valence electrons. The summed E-state index contributed by atoms with van der Waals surface area (Å²) in [5.41, 5.74) is 4.73. The maximum absolute atomic E-state index is 13.0. The molecule has 1 N–H and O–H groups in total. The predicted molar refractivity (Wildman–Crippen MR) is 94.2 cm³/mol. The van der Waals surface area contributed by atoms with Gasteiger partial charge < -0.3 is 5.32 Å². The number of carbonyl (C=O) groups excluding carboxylic acids is 1. The van der Waals surface area contributed by atoms with Gasteiger partial charge in [0, 0.05) is 47.4 Å². The molecule has 4 heteroatoms. The number of aryl methyl sites for hydroxylation is 1. The number of benzene rings is 1. The maximum atomic E-state index is 13.0. The maximum Gasteiger partial charge on any atom is 0.172 e. The van der Waals surface area contributed by atoms with Gasteiger partial charge in [0.2, 0.25) is 0 Å². The van der Waals surface area contributed by atoms with Crippen LogP contribution in [0.4, 0.5) is 5.82 Å². The van der Waals surface area contributed by atoms with Gasteiger partial charge >= 0.3 is 0 Å². The molecule has 4 nitrogen and oxygen atoms in total. The summed E-state index contributed by atoms with van der Waals surface area (Å²) in [7, 11) is 0. The van der Waals surface area contributed by atoms with Gasteiger partial charge in [-0.2, -0.15) is 0 Å². The quantitative estimate of drug-likeness (QED) is 0.746. The molecule has 0 bridgehead atoms. The highest BCUT2D eigenvalue weighted by Crippen LogP contribution is 2.35. The fourth-order valence-electron chi connectivity index (χ4n) is 3.17. The molecule has 4 rings (SSSR count). The number of hydrogen-bond donors (Lipinski definition) is 1. The Morgan fingerprint density at radius 2 is 2.00 bits per heavy atom. The van der Waals surface area contributed by atoms with Gasteiger partial charge in [-0.3, -0.25) is 9.78 Å². The number of anilines is 1. The van der Waals surface area contributed by atoms with Crippen LogP contribution in [0.2, 0.25) is 0 Å². The predicted octanol–water partition coefficient (Wildman–Crippen LogP) is 3.84. The highest BCUT2D eigenvalue weighted by molar-refractivity contribution is 6.04. The molecule has 0 saturated heterocycles. The van der Waals surface area contributed by atoms with Crippen molar-refractivity contribution >= 4 is 11.6 Å². The summed E-state index contributed by atoms with van der Waals surface area (Å²) in [6.07, 6.45) is 5.38. The molecule has 1 aliphatic heterocycles. The van der Waals surface area contributed by atoms with E-state index in [1.165, 1.54) is 0 Å². The topological polar surface area (TPSA) is 54.9 Å². The van der Waals surface area contributed by atoms with Crippen LogP contribution in [0, 0.1) is 6.92 Å². The van der Waals surface area contributed by atoms with Crippen LogP contribution < -0.4 is 5.32 Å². The first kappa shape index (κ1) is 14.6. The lowest BCUT2D eigenvalue weighted by Crippen LogP contribution is -2.15. The van der Waals surface area contributed by atoms with Gasteiger partial charge in [-0.25, -0.2) is 4.98 Å². The van der Waals surface area contributed by atoms with E-state index in [4.69, 9.17) is 0 Å². The van der Waals surface area contributed by atoms with Crippen molar-refractivity contribution in [3.05, 3.63) is 77.7 Å². The van der Waals surface area contributed by atoms with E-state index in [9.17, 15) is 4.79 Å². The van der Waals surface area contributed by atoms with Crippen LogP contribution in [0.15, 0.2) is 61.1 Å². The number of ketones is 1. The fraction of sp³-hybridized carbons (Fsp3) is 0.150. The van der Waals surface area contributed by atoms with Crippen molar-refractivity contribution in [1.29, 1.82) is 0 Å². The number of Topliss-reactive ketones (excluding diaryl/α,β-unsaturated/α-hetero) is 1. The first-order chi connectivity index (χ1) is 11.7. The number of rotatable bonds is 3. The van der Waals surface area contributed by atoms with Crippen LogP contribution in [-0.2, 0) is 0 Å². The first-order valence-corrected chi connectivity index (χ1v) is 7.98. The first-order valence-electron chi connectivity index (χ1n) is 7.98. The van der Waals surface area contributed by atoms with Gasteiger partial charge in [0.25, 0.3) is 0 Å². The Morgan fingerprint density at radius 1 is 1.12 bits per heavy atom. The van der Waals surface area contributed by atoms with E-state index in [1.807, 2.05) is 55.7 Å². The summed E-state index contributed by atoms with van der Waals surface area (Å²) in [6, 6.07) is 13.7. The van der Waals surface area contributed by atoms with Crippen LogP contribution in [-0.4, -0.2) is 22.3 Å². The summed E-state index contributed by atoms with van der Waals surface area (Å²) < 4.78 is 0. The van der Waals surface area contributed by atoms with Gasteiger partial charge in [-0.15, -0.1) is 0 Å². The van der Waals surface area contributed by atoms with E-state index in [0.29, 0.717) is 6.54 Å². The summed E-state index contributed by atoms with van der Waals surface area (Å²) in [6.45, 7) is 2.56. The van der Waals surface area contributed by atoms with Crippen molar-refractivity contribution < 1.29 is 4.79 Å². The van der Waals surface area contributed by atoms with Gasteiger partial charge in [0.15, 0.2) is 5.78 Å². The molecule has 0 fully saturated rings. The van der Waals surface area contributed by atoms with Crippen LogP contribution in [0.3, 0.4) is 0 Å². The van der Waals surface area contributed by atoms with Gasteiger partial charge in [-0.05, 0) is 24.6 Å². The highest BCUT2D eigenvalue weighted by atomic mass is 16.1. The Morgan fingerprint density at radius 3 is 2.79 bits per heavy atom. The number of aromatic nitrogens is 2. The van der Waals surface area contributed by atoms with E-state index in [1.54, 1.807) is 6.20 Å². The van der Waals surface area contributed by atoms with Crippen LogP contribution in [0.1, 0.15) is 27.4 Å². The molecule has 1 aromatic carbocycles. The third-order valence-corrected chi connectivity index (χ3v) is 4.49. The summed E-state index contributed by atoms with van der Waals surface area (Å²) in [5.74, 6) is 0.740. The molecule has 0 spiro atoms. The van der Waals surface area contributed by atoms with Crippen LogP contribution >= 0.6 is 0 Å². The average Bonchev–Trinajstić information content (AvgIpc) is 3.05. The lowest BCUT2D eigenvalue weighted by Gasteiger charge is -2.12. The van der Waals surface area contributed by atoms with E-state index >= 15 is 0 Å². The zero-order valence-electron chi connectivity index (χ0n) is 13.4. The average molecular weight is 315 g/mol. The fourth-order valence-corrected chi connectivity index (χ4v) is 3.17. The third kappa shape index (κ3) is 2.46. The molecule has 2 aromatic heterocycles. The van der Waals surface area contributed by atoms with Crippen molar-refractivity contribution in [1.82, 2.24) is 9.97 Å². The molecule has 3 heterocycles. The minimum atomic E-state index is -0.203. The molecule has 3 aromatic rings. The van der Waals surface area contributed by atoms with Crippen molar-refractivity contribution in [3.8, 4) is 11.1 Å². The Kier molecular flexibility index (Phi) is 3.58. The van der Waals surface area contributed by atoms with Crippen molar-refractivity contribution in [2.45, 2.75) is 12.8 Å². The molecule has 1 atom stereocenters. The molecule has 0 radical (unpaired) electrons. The van der Waals surface area contributed by atoms with Gasteiger partial charge in [0.05, 0.1) is 5.92 Å². The van der Waals surface area contributed by atoms with Crippen LogP contribution in [0.25, 0.3) is 11.1 Å².